The number of benzene rings is 1. The van der Waals surface area contributed by atoms with E-state index >= 15 is 0 Å². The Hall–Kier alpha value is -1.66. The molecule has 17 heavy (non-hydrogen) atoms. The summed E-state index contributed by atoms with van der Waals surface area (Å²) in [6.07, 6.45) is -1.05. The molecule has 0 saturated carbocycles. The highest BCUT2D eigenvalue weighted by molar-refractivity contribution is 5.53. The summed E-state index contributed by atoms with van der Waals surface area (Å²) in [5.74, 6) is 0.133. The Labute approximate surface area is 98.6 Å². The fourth-order valence-corrected chi connectivity index (χ4v) is 1.49. The molecule has 0 bridgehead atoms. The average molecular weight is 241 g/mol. The van der Waals surface area contributed by atoms with E-state index in [1.807, 2.05) is 0 Å². The predicted molar refractivity (Wildman–Crippen MR) is 61.2 cm³/mol. The summed E-state index contributed by atoms with van der Waals surface area (Å²) in [6.45, 7) is 2.83. The topological polar surface area (TPSA) is 92.8 Å². The Morgan fingerprint density at radius 1 is 1.47 bits per heavy atom. The molecular formula is C11H15NO5. The predicted octanol–water partition coefficient (Wildman–Crippen LogP) is 0.944. The number of aryl methyl sites for hydroxylation is 2. The standard InChI is InChI=1S/C11H15NO5/c1-7-3-8(2)11(10(4-7)12(15)16)17-6-9(14)5-13/h3-4,9,13-14H,5-6H2,1-2H3. The quantitative estimate of drug-likeness (QED) is 0.591. The molecule has 2 N–H and O–H groups in total. The Balaban J connectivity index is 3.00. The van der Waals surface area contributed by atoms with Crippen molar-refractivity contribution in [3.8, 4) is 5.75 Å². The van der Waals surface area contributed by atoms with Crippen molar-refractivity contribution in [2.75, 3.05) is 13.2 Å². The van der Waals surface area contributed by atoms with Crippen LogP contribution < -0.4 is 4.74 Å². The van der Waals surface area contributed by atoms with E-state index in [1.54, 1.807) is 19.9 Å². The lowest BCUT2D eigenvalue weighted by molar-refractivity contribution is -0.386. The van der Waals surface area contributed by atoms with Gasteiger partial charge in [0.25, 0.3) is 0 Å². The summed E-state index contributed by atoms with van der Waals surface area (Å²) in [7, 11) is 0. The minimum Gasteiger partial charge on any atom is -0.484 e. The molecule has 0 aliphatic carbocycles. The SMILES string of the molecule is Cc1cc(C)c(OCC(O)CO)c([N+](=O)[O-])c1. The van der Waals surface area contributed by atoms with Crippen molar-refractivity contribution in [2.24, 2.45) is 0 Å². The molecule has 1 aromatic rings. The van der Waals surface area contributed by atoms with E-state index in [4.69, 9.17) is 14.9 Å². The first kappa shape index (κ1) is 13.4. The van der Waals surface area contributed by atoms with Gasteiger partial charge in [-0.05, 0) is 25.0 Å². The number of ether oxygens (including phenoxy) is 1. The highest BCUT2D eigenvalue weighted by atomic mass is 16.6. The highest BCUT2D eigenvalue weighted by Crippen LogP contribution is 2.32. The molecule has 0 amide bonds. The number of aliphatic hydroxyl groups excluding tert-OH is 2. The van der Waals surface area contributed by atoms with Crippen molar-refractivity contribution in [1.82, 2.24) is 0 Å². The van der Waals surface area contributed by atoms with E-state index in [2.05, 4.69) is 0 Å². The van der Waals surface area contributed by atoms with Gasteiger partial charge in [0, 0.05) is 6.07 Å². The normalized spacial score (nSPS) is 12.2. The molecule has 0 spiro atoms. The second-order valence-corrected chi connectivity index (χ2v) is 3.83. The largest absolute Gasteiger partial charge is 0.484 e. The Bertz CT molecular complexity index is 419. The van der Waals surface area contributed by atoms with Crippen LogP contribution >= 0.6 is 0 Å². The molecule has 0 heterocycles. The van der Waals surface area contributed by atoms with E-state index in [1.165, 1.54) is 6.07 Å². The van der Waals surface area contributed by atoms with Gasteiger partial charge in [-0.2, -0.15) is 0 Å². The zero-order chi connectivity index (χ0) is 13.0. The second kappa shape index (κ2) is 5.60. The first-order valence-electron chi connectivity index (χ1n) is 5.13. The Morgan fingerprint density at radius 3 is 2.65 bits per heavy atom. The van der Waals surface area contributed by atoms with Gasteiger partial charge in [0.15, 0.2) is 5.75 Å². The van der Waals surface area contributed by atoms with E-state index in [0.717, 1.165) is 5.56 Å². The maximum Gasteiger partial charge on any atom is 0.311 e. The molecule has 1 atom stereocenters. The van der Waals surface area contributed by atoms with Gasteiger partial charge in [-0.25, -0.2) is 0 Å². The zero-order valence-corrected chi connectivity index (χ0v) is 9.71. The highest BCUT2D eigenvalue weighted by Gasteiger charge is 2.19. The molecule has 1 rings (SSSR count). The first-order valence-corrected chi connectivity index (χ1v) is 5.13. The summed E-state index contributed by atoms with van der Waals surface area (Å²) in [6, 6.07) is 3.17. The van der Waals surface area contributed by atoms with Crippen molar-refractivity contribution in [3.63, 3.8) is 0 Å². The van der Waals surface area contributed by atoms with E-state index < -0.39 is 17.6 Å². The van der Waals surface area contributed by atoms with E-state index in [9.17, 15) is 10.1 Å². The summed E-state index contributed by atoms with van der Waals surface area (Å²) in [5, 5.41) is 28.6. The van der Waals surface area contributed by atoms with Crippen LogP contribution in [0.2, 0.25) is 0 Å². The number of hydrogen-bond acceptors (Lipinski definition) is 5. The maximum atomic E-state index is 10.9. The Kier molecular flexibility index (Phi) is 4.42. The van der Waals surface area contributed by atoms with Gasteiger partial charge in [0.05, 0.1) is 11.5 Å². The number of rotatable bonds is 5. The van der Waals surface area contributed by atoms with E-state index in [0.29, 0.717) is 5.56 Å². The van der Waals surface area contributed by atoms with E-state index in [-0.39, 0.29) is 18.0 Å². The average Bonchev–Trinajstić information content (AvgIpc) is 2.26. The summed E-state index contributed by atoms with van der Waals surface area (Å²) >= 11 is 0. The number of hydrogen-bond donors (Lipinski definition) is 2. The van der Waals surface area contributed by atoms with Gasteiger partial charge in [0.2, 0.25) is 0 Å². The summed E-state index contributed by atoms with van der Waals surface area (Å²) in [4.78, 5) is 10.3. The van der Waals surface area contributed by atoms with Crippen LogP contribution in [0, 0.1) is 24.0 Å². The number of nitrogens with zero attached hydrogens (tertiary/aromatic N) is 1. The fourth-order valence-electron chi connectivity index (χ4n) is 1.49. The molecule has 94 valence electrons. The van der Waals surface area contributed by atoms with Crippen LogP contribution in [0.4, 0.5) is 5.69 Å². The second-order valence-electron chi connectivity index (χ2n) is 3.83. The Morgan fingerprint density at radius 2 is 2.12 bits per heavy atom. The van der Waals surface area contributed by atoms with Crippen LogP contribution in [0.15, 0.2) is 12.1 Å². The molecule has 0 radical (unpaired) electrons. The van der Waals surface area contributed by atoms with Crippen molar-refractivity contribution < 1.29 is 19.9 Å². The van der Waals surface area contributed by atoms with Gasteiger partial charge in [-0.1, -0.05) is 6.07 Å². The fraction of sp³-hybridized carbons (Fsp3) is 0.455. The molecule has 0 aromatic heterocycles. The lowest BCUT2D eigenvalue weighted by atomic mass is 10.1. The lowest BCUT2D eigenvalue weighted by Gasteiger charge is -2.12. The number of nitro benzene ring substituents is 1. The van der Waals surface area contributed by atoms with Gasteiger partial charge in [-0.3, -0.25) is 10.1 Å². The van der Waals surface area contributed by atoms with Gasteiger partial charge >= 0.3 is 5.69 Å². The van der Waals surface area contributed by atoms with Crippen molar-refractivity contribution in [3.05, 3.63) is 33.4 Å². The number of aliphatic hydroxyl groups is 2. The summed E-state index contributed by atoms with van der Waals surface area (Å²) in [5.41, 5.74) is 1.26. The zero-order valence-electron chi connectivity index (χ0n) is 9.71. The van der Waals surface area contributed by atoms with Gasteiger partial charge in [-0.15, -0.1) is 0 Å². The number of nitro groups is 1. The van der Waals surface area contributed by atoms with Gasteiger partial charge in [0.1, 0.15) is 12.7 Å². The van der Waals surface area contributed by atoms with Crippen molar-refractivity contribution >= 4 is 5.69 Å². The minimum atomic E-state index is -1.05. The third kappa shape index (κ3) is 3.40. The van der Waals surface area contributed by atoms with Crippen LogP contribution in [0.1, 0.15) is 11.1 Å². The molecular weight excluding hydrogens is 226 g/mol. The molecule has 6 heteroatoms. The first-order chi connectivity index (χ1) is 7.95. The smallest absolute Gasteiger partial charge is 0.311 e. The van der Waals surface area contributed by atoms with Crippen LogP contribution in [-0.2, 0) is 0 Å². The molecule has 1 unspecified atom stereocenters. The third-order valence-corrected chi connectivity index (χ3v) is 2.23. The molecule has 0 fully saturated rings. The van der Waals surface area contributed by atoms with Crippen LogP contribution in [0.3, 0.4) is 0 Å². The minimum absolute atomic E-state index is 0.132. The van der Waals surface area contributed by atoms with Crippen LogP contribution in [-0.4, -0.2) is 34.5 Å². The molecule has 6 nitrogen and oxygen atoms in total. The maximum absolute atomic E-state index is 10.9. The lowest BCUT2D eigenvalue weighted by Crippen LogP contribution is -2.21. The molecule has 0 saturated heterocycles. The third-order valence-electron chi connectivity index (χ3n) is 2.23. The van der Waals surface area contributed by atoms with Crippen LogP contribution in [0.5, 0.6) is 5.75 Å². The van der Waals surface area contributed by atoms with Crippen LogP contribution in [0.25, 0.3) is 0 Å². The summed E-state index contributed by atoms with van der Waals surface area (Å²) < 4.78 is 5.19. The van der Waals surface area contributed by atoms with Crippen molar-refractivity contribution in [2.45, 2.75) is 20.0 Å². The monoisotopic (exact) mass is 241 g/mol. The molecule has 0 aliphatic heterocycles. The van der Waals surface area contributed by atoms with Crippen molar-refractivity contribution in [1.29, 1.82) is 0 Å². The van der Waals surface area contributed by atoms with Gasteiger partial charge < -0.3 is 14.9 Å². The molecule has 1 aromatic carbocycles. The molecule has 0 aliphatic rings.